The van der Waals surface area contributed by atoms with Gasteiger partial charge in [0.15, 0.2) is 0 Å². The highest BCUT2D eigenvalue weighted by atomic mass is 32.2. The summed E-state index contributed by atoms with van der Waals surface area (Å²) >= 11 is 0. The Morgan fingerprint density at radius 2 is 1.71 bits per heavy atom. The number of nitrogens with one attached hydrogen (secondary N) is 2. The molecule has 4 rings (SSSR count). The van der Waals surface area contributed by atoms with Crippen molar-refractivity contribution < 1.29 is 8.42 Å². The molecule has 35 heavy (non-hydrogen) atoms. The molecule has 1 aromatic carbocycles. The summed E-state index contributed by atoms with van der Waals surface area (Å²) < 4.78 is 26.1. The van der Waals surface area contributed by atoms with E-state index in [0.29, 0.717) is 23.2 Å². The zero-order valence-corrected chi connectivity index (χ0v) is 20.8. The Kier molecular flexibility index (Phi) is 7.63. The summed E-state index contributed by atoms with van der Waals surface area (Å²) in [6.45, 7) is 0.875. The first-order valence-corrected chi connectivity index (χ1v) is 13.1. The number of benzene rings is 1. The molecule has 2 N–H and O–H groups in total. The fraction of sp³-hybridized carbons (Fsp3) is 0.346. The molecular formula is C26H30N6O2S. The summed E-state index contributed by atoms with van der Waals surface area (Å²) in [6, 6.07) is 8.83. The third-order valence-corrected chi connectivity index (χ3v) is 8.04. The van der Waals surface area contributed by atoms with E-state index in [1.54, 1.807) is 24.5 Å². The van der Waals surface area contributed by atoms with E-state index in [1.807, 2.05) is 18.2 Å². The van der Waals surface area contributed by atoms with Gasteiger partial charge in [0.2, 0.25) is 10.0 Å². The van der Waals surface area contributed by atoms with Crippen LogP contribution in [0.3, 0.4) is 0 Å². The lowest BCUT2D eigenvalue weighted by atomic mass is 9.89. The molecule has 2 aromatic heterocycles. The quantitative estimate of drug-likeness (QED) is 0.448. The van der Waals surface area contributed by atoms with Crippen LogP contribution in [0.5, 0.6) is 0 Å². The molecule has 0 unspecified atom stereocenters. The molecule has 2 heterocycles. The van der Waals surface area contributed by atoms with E-state index in [0.717, 1.165) is 23.4 Å². The van der Waals surface area contributed by atoms with Crippen molar-refractivity contribution in [2.45, 2.75) is 37.0 Å². The van der Waals surface area contributed by atoms with Crippen molar-refractivity contribution in [3.8, 4) is 23.5 Å². The fourth-order valence-electron chi connectivity index (χ4n) is 4.16. The Morgan fingerprint density at radius 3 is 2.34 bits per heavy atom. The number of anilines is 3. The summed E-state index contributed by atoms with van der Waals surface area (Å²) in [5, 5.41) is 6.80. The summed E-state index contributed by atoms with van der Waals surface area (Å²) in [5.41, 5.74) is 3.16. The highest BCUT2D eigenvalue weighted by molar-refractivity contribution is 7.89. The minimum absolute atomic E-state index is 0.253. The van der Waals surface area contributed by atoms with Crippen LogP contribution in [0.25, 0.3) is 11.1 Å². The first-order valence-electron chi connectivity index (χ1n) is 11.7. The predicted octanol–water partition coefficient (Wildman–Crippen LogP) is 4.51. The smallest absolute Gasteiger partial charge is 0.242 e. The van der Waals surface area contributed by atoms with E-state index in [-0.39, 0.29) is 4.90 Å². The van der Waals surface area contributed by atoms with Crippen molar-refractivity contribution in [2.75, 3.05) is 31.3 Å². The van der Waals surface area contributed by atoms with Crippen LogP contribution in [0.1, 0.15) is 37.8 Å². The van der Waals surface area contributed by atoms with Crippen LogP contribution in [0.4, 0.5) is 17.3 Å². The molecule has 8 nitrogen and oxygen atoms in total. The maximum Gasteiger partial charge on any atom is 0.242 e. The maximum absolute atomic E-state index is 12.5. The minimum Gasteiger partial charge on any atom is -0.384 e. The van der Waals surface area contributed by atoms with E-state index in [9.17, 15) is 8.42 Å². The van der Waals surface area contributed by atoms with Gasteiger partial charge >= 0.3 is 0 Å². The lowest BCUT2D eigenvalue weighted by molar-refractivity contribution is 0.373. The lowest BCUT2D eigenvalue weighted by Gasteiger charge is -2.23. The molecule has 3 aromatic rings. The van der Waals surface area contributed by atoms with Gasteiger partial charge in [-0.3, -0.25) is 0 Å². The molecule has 1 saturated carbocycles. The second-order valence-corrected chi connectivity index (χ2v) is 11.0. The normalized spacial score (nSPS) is 14.5. The van der Waals surface area contributed by atoms with Crippen LogP contribution in [0, 0.1) is 18.3 Å². The third-order valence-electron chi connectivity index (χ3n) is 6.21. The highest BCUT2D eigenvalue weighted by Crippen LogP contribution is 2.32. The number of nitrogens with zero attached hydrogens (tertiary/aromatic N) is 4. The number of rotatable bonds is 8. The lowest BCUT2D eigenvalue weighted by Crippen LogP contribution is -2.22. The first-order chi connectivity index (χ1) is 16.9. The van der Waals surface area contributed by atoms with E-state index in [2.05, 4.69) is 31.5 Å². The molecule has 0 saturated heterocycles. The highest BCUT2D eigenvalue weighted by Gasteiger charge is 2.18. The molecule has 1 aliphatic carbocycles. The standard InChI is InChI=1S/C26H30N6O2S/c1-4-21-16-29-26(18-27-21)31-25-14-24(28-15-19-8-6-5-7-9-19)23(17-30-25)20-10-12-22(13-11-20)35(33,34)32(2)3/h1,10-14,16-19H,5-9,15H2,2-3H3,(H2,28,29,30,31). The molecular weight excluding hydrogens is 460 g/mol. The van der Waals surface area contributed by atoms with Crippen LogP contribution in [0.15, 0.2) is 53.8 Å². The number of aromatic nitrogens is 3. The van der Waals surface area contributed by atoms with Crippen molar-refractivity contribution in [1.82, 2.24) is 19.3 Å². The Bertz CT molecular complexity index is 1290. The molecule has 0 amide bonds. The average Bonchev–Trinajstić information content (AvgIpc) is 2.88. The van der Waals surface area contributed by atoms with Gasteiger partial charge in [-0.15, -0.1) is 6.42 Å². The molecule has 0 spiro atoms. The number of sulfonamides is 1. The van der Waals surface area contributed by atoms with E-state index < -0.39 is 10.0 Å². The summed E-state index contributed by atoms with van der Waals surface area (Å²) in [5.74, 6) is 4.25. The van der Waals surface area contributed by atoms with Gasteiger partial charge in [0, 0.05) is 44.2 Å². The van der Waals surface area contributed by atoms with Gasteiger partial charge in [-0.2, -0.15) is 0 Å². The van der Waals surface area contributed by atoms with Gasteiger partial charge in [-0.25, -0.2) is 27.7 Å². The van der Waals surface area contributed by atoms with E-state index in [1.165, 1.54) is 56.7 Å². The number of terminal acetylenes is 1. The molecule has 182 valence electrons. The summed E-state index contributed by atoms with van der Waals surface area (Å²) in [7, 11) is -0.441. The predicted molar refractivity (Wildman–Crippen MR) is 139 cm³/mol. The van der Waals surface area contributed by atoms with Crippen molar-refractivity contribution >= 4 is 27.3 Å². The summed E-state index contributed by atoms with van der Waals surface area (Å²) in [4.78, 5) is 13.3. The SMILES string of the molecule is C#Cc1cnc(Nc2cc(NCC3CCCCC3)c(-c3ccc(S(=O)(=O)N(C)C)cc3)cn2)cn1. The molecule has 0 radical (unpaired) electrons. The molecule has 1 fully saturated rings. The Labute approximate surface area is 207 Å². The second kappa shape index (κ2) is 10.8. The van der Waals surface area contributed by atoms with Crippen LogP contribution in [-0.4, -0.2) is 48.3 Å². The van der Waals surface area contributed by atoms with E-state index >= 15 is 0 Å². The Balaban J connectivity index is 1.62. The van der Waals surface area contributed by atoms with Crippen molar-refractivity contribution in [3.63, 3.8) is 0 Å². The third kappa shape index (κ3) is 5.96. The molecule has 0 bridgehead atoms. The minimum atomic E-state index is -3.49. The van der Waals surface area contributed by atoms with Gasteiger partial charge in [-0.1, -0.05) is 31.4 Å². The van der Waals surface area contributed by atoms with Gasteiger partial charge < -0.3 is 10.6 Å². The van der Waals surface area contributed by atoms with Crippen molar-refractivity contribution in [3.05, 3.63) is 54.6 Å². The van der Waals surface area contributed by atoms with Crippen molar-refractivity contribution in [1.29, 1.82) is 0 Å². The van der Waals surface area contributed by atoms with Crippen LogP contribution < -0.4 is 10.6 Å². The Hall–Kier alpha value is -3.48. The topological polar surface area (TPSA) is 100 Å². The molecule has 0 atom stereocenters. The van der Waals surface area contributed by atoms with Crippen LogP contribution in [0.2, 0.25) is 0 Å². The largest absolute Gasteiger partial charge is 0.384 e. The van der Waals surface area contributed by atoms with Crippen molar-refractivity contribution in [2.24, 2.45) is 5.92 Å². The monoisotopic (exact) mass is 490 g/mol. The summed E-state index contributed by atoms with van der Waals surface area (Å²) in [6.07, 6.45) is 16.6. The average molecular weight is 491 g/mol. The van der Waals surface area contributed by atoms with Gasteiger partial charge in [0.1, 0.15) is 17.3 Å². The van der Waals surface area contributed by atoms with Crippen LogP contribution in [-0.2, 0) is 10.0 Å². The van der Waals surface area contributed by atoms with E-state index in [4.69, 9.17) is 6.42 Å². The number of hydrogen-bond acceptors (Lipinski definition) is 7. The van der Waals surface area contributed by atoms with Crippen LogP contribution >= 0.6 is 0 Å². The zero-order chi connectivity index (χ0) is 24.8. The fourth-order valence-corrected chi connectivity index (χ4v) is 5.06. The number of hydrogen-bond donors (Lipinski definition) is 2. The van der Waals surface area contributed by atoms with Gasteiger partial charge in [0.05, 0.1) is 17.3 Å². The molecule has 1 aliphatic rings. The maximum atomic E-state index is 12.5. The van der Waals surface area contributed by atoms with Gasteiger partial charge in [-0.05, 0) is 42.4 Å². The second-order valence-electron chi connectivity index (χ2n) is 8.87. The Morgan fingerprint density at radius 1 is 1.00 bits per heavy atom. The molecule has 9 heteroatoms. The number of pyridine rings is 1. The van der Waals surface area contributed by atoms with Gasteiger partial charge in [0.25, 0.3) is 0 Å². The first kappa shape index (κ1) is 24.6. The zero-order valence-electron chi connectivity index (χ0n) is 20.0. The molecule has 0 aliphatic heterocycles.